The summed E-state index contributed by atoms with van der Waals surface area (Å²) >= 11 is 1.63. The van der Waals surface area contributed by atoms with Gasteiger partial charge in [-0.25, -0.2) is 4.98 Å². The van der Waals surface area contributed by atoms with Gasteiger partial charge >= 0.3 is 0 Å². The highest BCUT2D eigenvalue weighted by Crippen LogP contribution is 2.34. The van der Waals surface area contributed by atoms with Gasteiger partial charge in [0.2, 0.25) is 5.91 Å². The highest BCUT2D eigenvalue weighted by Gasteiger charge is 2.21. The molecule has 6 heteroatoms. The molecule has 2 heterocycles. The Hall–Kier alpha value is -2.47. The van der Waals surface area contributed by atoms with Gasteiger partial charge in [0, 0.05) is 31.3 Å². The Morgan fingerprint density at radius 3 is 2.72 bits per heavy atom. The van der Waals surface area contributed by atoms with Crippen LogP contribution in [0.4, 0.5) is 0 Å². The van der Waals surface area contributed by atoms with Gasteiger partial charge in [-0.15, -0.1) is 11.3 Å². The molecule has 1 N–H and O–H groups in total. The highest BCUT2D eigenvalue weighted by molar-refractivity contribution is 7.18. The maximum Gasteiger partial charge on any atom is 0.259 e. The molecule has 1 amide bonds. The lowest BCUT2D eigenvalue weighted by Crippen LogP contribution is -2.26. The number of carbonyl (C=O) groups excluding carboxylic acids is 1. The predicted octanol–water partition coefficient (Wildman–Crippen LogP) is 4.19. The summed E-state index contributed by atoms with van der Waals surface area (Å²) in [7, 11) is 1.82. The van der Waals surface area contributed by atoms with Gasteiger partial charge in [-0.05, 0) is 41.9 Å². The first-order chi connectivity index (χ1) is 13.9. The lowest BCUT2D eigenvalue weighted by Gasteiger charge is -2.17. The fourth-order valence-corrected chi connectivity index (χ4v) is 5.23. The Morgan fingerprint density at radius 1 is 1.24 bits per heavy atom. The number of carbonyl (C=O) groups is 1. The highest BCUT2D eigenvalue weighted by atomic mass is 32.1. The molecule has 0 atom stereocenters. The molecule has 1 aromatic carbocycles. The van der Waals surface area contributed by atoms with E-state index >= 15 is 0 Å². The number of nitrogens with one attached hydrogen (secondary N) is 1. The van der Waals surface area contributed by atoms with E-state index in [1.807, 2.05) is 7.05 Å². The summed E-state index contributed by atoms with van der Waals surface area (Å²) in [6, 6.07) is 8.42. The van der Waals surface area contributed by atoms with E-state index < -0.39 is 0 Å². The van der Waals surface area contributed by atoms with Gasteiger partial charge < -0.3 is 9.88 Å². The summed E-state index contributed by atoms with van der Waals surface area (Å²) in [5.74, 6) is 1.15. The second-order valence-electron chi connectivity index (χ2n) is 8.20. The number of H-pyrrole nitrogens is 1. The quantitative estimate of drug-likeness (QED) is 0.664. The summed E-state index contributed by atoms with van der Waals surface area (Å²) in [5, 5.41) is 0.763. The molecule has 2 aromatic heterocycles. The topological polar surface area (TPSA) is 66.1 Å². The molecule has 1 aliphatic rings. The van der Waals surface area contributed by atoms with E-state index in [2.05, 4.69) is 48.1 Å². The zero-order valence-electron chi connectivity index (χ0n) is 17.2. The van der Waals surface area contributed by atoms with Gasteiger partial charge in [0.15, 0.2) is 0 Å². The molecule has 29 heavy (non-hydrogen) atoms. The molecular weight excluding hydrogens is 382 g/mol. The third-order valence-corrected chi connectivity index (χ3v) is 6.88. The Bertz CT molecular complexity index is 1100. The van der Waals surface area contributed by atoms with Crippen LogP contribution in [-0.4, -0.2) is 27.8 Å². The monoisotopic (exact) mass is 409 g/mol. The molecular formula is C23H27N3O2S. The molecule has 3 aromatic rings. The number of benzene rings is 1. The summed E-state index contributed by atoms with van der Waals surface area (Å²) in [4.78, 5) is 36.5. The van der Waals surface area contributed by atoms with Crippen molar-refractivity contribution in [3.63, 3.8) is 0 Å². The van der Waals surface area contributed by atoms with Crippen LogP contribution < -0.4 is 5.56 Å². The first-order valence-corrected chi connectivity index (χ1v) is 11.1. The van der Waals surface area contributed by atoms with E-state index in [9.17, 15) is 9.59 Å². The third kappa shape index (κ3) is 4.13. The molecule has 1 aliphatic carbocycles. The van der Waals surface area contributed by atoms with Crippen molar-refractivity contribution in [3.8, 4) is 0 Å². The van der Waals surface area contributed by atoms with Crippen molar-refractivity contribution < 1.29 is 4.79 Å². The van der Waals surface area contributed by atoms with E-state index in [4.69, 9.17) is 0 Å². The number of hydrogen-bond acceptors (Lipinski definition) is 4. The Balaban J connectivity index is 1.39. The van der Waals surface area contributed by atoms with Crippen LogP contribution >= 0.6 is 11.3 Å². The van der Waals surface area contributed by atoms with E-state index in [0.29, 0.717) is 31.1 Å². The van der Waals surface area contributed by atoms with E-state index in [-0.39, 0.29) is 11.5 Å². The minimum atomic E-state index is -0.0598. The third-order valence-electron chi connectivity index (χ3n) is 5.69. The summed E-state index contributed by atoms with van der Waals surface area (Å²) < 4.78 is 0. The number of aryl methyl sites for hydroxylation is 3. The number of fused-ring (bicyclic) bond motifs is 3. The van der Waals surface area contributed by atoms with Crippen molar-refractivity contribution in [1.82, 2.24) is 14.9 Å². The van der Waals surface area contributed by atoms with Gasteiger partial charge in [0.25, 0.3) is 5.56 Å². The molecule has 0 saturated carbocycles. The average Bonchev–Trinajstić information content (AvgIpc) is 3.27. The number of aromatic amines is 1. The Kier molecular flexibility index (Phi) is 5.54. The van der Waals surface area contributed by atoms with Gasteiger partial charge in [-0.3, -0.25) is 9.59 Å². The fourth-order valence-electron chi connectivity index (χ4n) is 3.95. The number of hydrogen-bond donors (Lipinski definition) is 1. The molecule has 0 radical (unpaired) electrons. The van der Waals surface area contributed by atoms with Crippen LogP contribution in [0.15, 0.2) is 29.1 Å². The van der Waals surface area contributed by atoms with E-state index in [1.165, 1.54) is 16.0 Å². The molecule has 0 unspecified atom stereocenters. The molecule has 0 bridgehead atoms. The van der Waals surface area contributed by atoms with Crippen molar-refractivity contribution in [2.45, 2.75) is 58.4 Å². The summed E-state index contributed by atoms with van der Waals surface area (Å²) in [6.07, 6.45) is 3.93. The fraction of sp³-hybridized carbons (Fsp3) is 0.435. The van der Waals surface area contributed by atoms with Crippen molar-refractivity contribution in [2.24, 2.45) is 0 Å². The van der Waals surface area contributed by atoms with E-state index in [1.54, 1.807) is 16.2 Å². The van der Waals surface area contributed by atoms with Gasteiger partial charge in [0.05, 0.1) is 5.39 Å². The molecule has 0 spiro atoms. The second-order valence-corrected chi connectivity index (χ2v) is 9.28. The van der Waals surface area contributed by atoms with Crippen LogP contribution in [0.3, 0.4) is 0 Å². The smallest absolute Gasteiger partial charge is 0.259 e. The zero-order chi connectivity index (χ0) is 20.5. The van der Waals surface area contributed by atoms with E-state index in [0.717, 1.165) is 35.0 Å². The van der Waals surface area contributed by atoms with Crippen LogP contribution in [0.25, 0.3) is 10.2 Å². The van der Waals surface area contributed by atoms with Gasteiger partial charge in [-0.1, -0.05) is 38.1 Å². The zero-order valence-corrected chi connectivity index (χ0v) is 18.1. The minimum Gasteiger partial charge on any atom is -0.341 e. The maximum absolute atomic E-state index is 12.6. The molecule has 5 nitrogen and oxygen atoms in total. The normalized spacial score (nSPS) is 13.2. The maximum atomic E-state index is 12.6. The minimum absolute atomic E-state index is 0.0503. The SMILES string of the molecule is CC(C)c1ccc(CN(C)C(=O)CCc2nc3sc4c(c3c(=O)[nH]2)CCC4)cc1. The lowest BCUT2D eigenvalue weighted by molar-refractivity contribution is -0.130. The van der Waals surface area contributed by atoms with Gasteiger partial charge in [-0.2, -0.15) is 0 Å². The standard InChI is InChI=1S/C23H27N3O2S/c1-14(2)16-9-7-15(8-10-16)13-26(3)20(27)12-11-19-24-22(28)21-17-5-4-6-18(17)29-23(21)25-19/h7-10,14H,4-6,11-13H2,1-3H3,(H,24,25,28). The van der Waals surface area contributed by atoms with Crippen LogP contribution in [0, 0.1) is 0 Å². The number of aromatic nitrogens is 2. The first kappa shape index (κ1) is 19.8. The van der Waals surface area contributed by atoms with Crippen molar-refractivity contribution in [2.75, 3.05) is 7.05 Å². The van der Waals surface area contributed by atoms with Crippen LogP contribution in [0.5, 0.6) is 0 Å². The van der Waals surface area contributed by atoms with Crippen molar-refractivity contribution >= 4 is 27.5 Å². The number of thiophene rings is 1. The van der Waals surface area contributed by atoms with Crippen molar-refractivity contribution in [1.29, 1.82) is 0 Å². The first-order valence-electron chi connectivity index (χ1n) is 10.3. The molecule has 0 fully saturated rings. The molecule has 0 saturated heterocycles. The van der Waals surface area contributed by atoms with Gasteiger partial charge in [0.1, 0.15) is 10.7 Å². The second kappa shape index (κ2) is 8.11. The van der Waals surface area contributed by atoms with Crippen molar-refractivity contribution in [3.05, 3.63) is 62.0 Å². The molecule has 4 rings (SSSR count). The Morgan fingerprint density at radius 2 is 2.00 bits per heavy atom. The summed E-state index contributed by atoms with van der Waals surface area (Å²) in [6.45, 7) is 4.92. The van der Waals surface area contributed by atoms with Crippen LogP contribution in [0.2, 0.25) is 0 Å². The lowest BCUT2D eigenvalue weighted by atomic mass is 10.0. The predicted molar refractivity (Wildman–Crippen MR) is 118 cm³/mol. The number of nitrogens with zero attached hydrogens (tertiary/aromatic N) is 2. The number of rotatable bonds is 6. The Labute approximate surface area is 174 Å². The summed E-state index contributed by atoms with van der Waals surface area (Å²) in [5.41, 5.74) is 3.54. The van der Waals surface area contributed by atoms with Crippen LogP contribution in [-0.2, 0) is 30.6 Å². The van der Waals surface area contributed by atoms with Crippen LogP contribution in [0.1, 0.15) is 60.0 Å². The average molecular weight is 410 g/mol. The molecule has 0 aliphatic heterocycles. The number of amides is 1. The largest absolute Gasteiger partial charge is 0.341 e. The molecule has 152 valence electrons.